The van der Waals surface area contributed by atoms with E-state index in [0.717, 1.165) is 0 Å². The van der Waals surface area contributed by atoms with Crippen LogP contribution in [0, 0.1) is 24.2 Å². The summed E-state index contributed by atoms with van der Waals surface area (Å²) < 4.78 is 0. The van der Waals surface area contributed by atoms with Gasteiger partial charge in [-0.2, -0.15) is 0 Å². The van der Waals surface area contributed by atoms with E-state index in [-0.39, 0.29) is 6.61 Å². The summed E-state index contributed by atoms with van der Waals surface area (Å²) in [6, 6.07) is 0. The Labute approximate surface area is 49.7 Å². The minimum Gasteiger partial charge on any atom is -0.395 e. The molecule has 0 bridgehead atoms. The fraction of sp³-hybridized carbons (Fsp3) is 0.429. The Morgan fingerprint density at radius 1 is 1.38 bits per heavy atom. The van der Waals surface area contributed by atoms with Gasteiger partial charge in [0.1, 0.15) is 0 Å². The predicted molar refractivity (Wildman–Crippen MR) is 32.9 cm³/mol. The summed E-state index contributed by atoms with van der Waals surface area (Å²) in [7, 11) is 0. The van der Waals surface area contributed by atoms with Crippen molar-refractivity contribution in [1.82, 2.24) is 0 Å². The molecule has 0 unspecified atom stereocenters. The molecule has 0 amide bonds. The van der Waals surface area contributed by atoms with E-state index < -0.39 is 0 Å². The van der Waals surface area contributed by atoms with E-state index in [2.05, 4.69) is 17.8 Å². The van der Waals surface area contributed by atoms with Crippen molar-refractivity contribution in [3.63, 3.8) is 0 Å². The Hall–Kier alpha value is -0.920. The lowest BCUT2D eigenvalue weighted by Gasteiger charge is -1.74. The minimum absolute atomic E-state index is 0.123. The molecule has 0 aliphatic carbocycles. The highest BCUT2D eigenvalue weighted by Gasteiger charge is 1.68. The zero-order chi connectivity index (χ0) is 6.24. The molecule has 0 rings (SSSR count). The molecule has 42 valence electrons. The van der Waals surface area contributed by atoms with Crippen LogP contribution in [0.5, 0.6) is 0 Å². The first-order valence-corrected chi connectivity index (χ1v) is 2.42. The normalized spacial score (nSPS) is 6.50. The quantitative estimate of drug-likeness (QED) is 0.482. The number of hydrogen-bond acceptors (Lipinski definition) is 1. The Bertz CT molecular complexity index is 131. The van der Waals surface area contributed by atoms with Crippen LogP contribution in [0.25, 0.3) is 0 Å². The van der Waals surface area contributed by atoms with Crippen LogP contribution in [0.1, 0.15) is 12.8 Å². The molecule has 0 aromatic heterocycles. The van der Waals surface area contributed by atoms with Crippen LogP contribution in [0.15, 0.2) is 0 Å². The van der Waals surface area contributed by atoms with Crippen molar-refractivity contribution in [3.8, 4) is 24.2 Å². The second-order valence-electron chi connectivity index (χ2n) is 1.21. The highest BCUT2D eigenvalue weighted by atomic mass is 16.2. The third-order valence-corrected chi connectivity index (χ3v) is 0.552. The topological polar surface area (TPSA) is 20.2 Å². The summed E-state index contributed by atoms with van der Waals surface area (Å²) in [6.07, 6.45) is 5.91. The van der Waals surface area contributed by atoms with Crippen LogP contribution in [0.2, 0.25) is 0 Å². The molecule has 0 spiro atoms. The van der Waals surface area contributed by atoms with Crippen LogP contribution in [0.3, 0.4) is 0 Å². The van der Waals surface area contributed by atoms with Gasteiger partial charge in [-0.1, -0.05) is 17.8 Å². The smallest absolute Gasteiger partial charge is 0.0700 e. The van der Waals surface area contributed by atoms with E-state index in [1.165, 1.54) is 0 Å². The second kappa shape index (κ2) is 6.08. The van der Waals surface area contributed by atoms with Crippen molar-refractivity contribution in [2.75, 3.05) is 6.61 Å². The van der Waals surface area contributed by atoms with Crippen LogP contribution in [-0.2, 0) is 0 Å². The second-order valence-corrected chi connectivity index (χ2v) is 1.21. The molecular formula is C7H8O. The fourth-order valence-corrected chi connectivity index (χ4v) is 0.258. The average molecular weight is 108 g/mol. The predicted octanol–water partition coefficient (Wildman–Crippen LogP) is 0.396. The molecule has 0 saturated heterocycles. The van der Waals surface area contributed by atoms with Crippen LogP contribution >= 0.6 is 0 Å². The van der Waals surface area contributed by atoms with Gasteiger partial charge in [0, 0.05) is 6.42 Å². The molecule has 0 heterocycles. The molecule has 0 aromatic carbocycles. The Kier molecular flexibility index (Phi) is 5.38. The van der Waals surface area contributed by atoms with E-state index in [1.807, 2.05) is 0 Å². The maximum atomic E-state index is 8.21. The first kappa shape index (κ1) is 7.08. The van der Waals surface area contributed by atoms with E-state index in [0.29, 0.717) is 12.8 Å². The number of rotatable bonds is 1. The number of aliphatic hydroxyl groups excluding tert-OH is 1. The molecule has 0 atom stereocenters. The number of hydrogen-bond donors (Lipinski definition) is 1. The van der Waals surface area contributed by atoms with Crippen molar-refractivity contribution >= 4 is 0 Å². The maximum Gasteiger partial charge on any atom is 0.0700 e. The van der Waals surface area contributed by atoms with Gasteiger partial charge < -0.3 is 5.11 Å². The monoisotopic (exact) mass is 108 g/mol. The van der Waals surface area contributed by atoms with E-state index in [1.54, 1.807) is 0 Å². The summed E-state index contributed by atoms with van der Waals surface area (Å²) >= 11 is 0. The Morgan fingerprint density at radius 2 is 2.12 bits per heavy atom. The van der Waals surface area contributed by atoms with Crippen LogP contribution in [0.4, 0.5) is 0 Å². The standard InChI is InChI=1S/C7H8O/c1-2-3-4-5-6-7-8/h1,8H,3,6-7H2. The fourth-order valence-electron chi connectivity index (χ4n) is 0.258. The Balaban J connectivity index is 3.11. The summed E-state index contributed by atoms with van der Waals surface area (Å²) in [4.78, 5) is 0. The highest BCUT2D eigenvalue weighted by molar-refractivity contribution is 5.07. The molecule has 0 fully saturated rings. The Morgan fingerprint density at radius 3 is 2.62 bits per heavy atom. The van der Waals surface area contributed by atoms with Crippen molar-refractivity contribution in [3.05, 3.63) is 0 Å². The molecule has 1 nitrogen and oxygen atoms in total. The van der Waals surface area contributed by atoms with Crippen molar-refractivity contribution in [2.45, 2.75) is 12.8 Å². The van der Waals surface area contributed by atoms with E-state index >= 15 is 0 Å². The largest absolute Gasteiger partial charge is 0.395 e. The van der Waals surface area contributed by atoms with Gasteiger partial charge in [0.05, 0.1) is 13.0 Å². The highest BCUT2D eigenvalue weighted by Crippen LogP contribution is 1.72. The molecular weight excluding hydrogens is 100 g/mol. The maximum absolute atomic E-state index is 8.21. The van der Waals surface area contributed by atoms with Crippen molar-refractivity contribution in [2.24, 2.45) is 0 Å². The number of terminal acetylenes is 1. The SMILES string of the molecule is C#CCC#CCCO. The lowest BCUT2D eigenvalue weighted by Crippen LogP contribution is -1.74. The lowest BCUT2D eigenvalue weighted by atomic mass is 10.4. The van der Waals surface area contributed by atoms with Crippen LogP contribution in [-0.4, -0.2) is 11.7 Å². The van der Waals surface area contributed by atoms with Crippen LogP contribution < -0.4 is 0 Å². The molecule has 1 N–H and O–H groups in total. The van der Waals surface area contributed by atoms with Gasteiger partial charge in [-0.15, -0.1) is 6.42 Å². The zero-order valence-corrected chi connectivity index (χ0v) is 4.65. The average Bonchev–Trinajstić information content (AvgIpc) is 1.81. The lowest BCUT2D eigenvalue weighted by molar-refractivity contribution is 0.305. The molecule has 0 saturated carbocycles. The summed E-state index contributed by atoms with van der Waals surface area (Å²) in [5, 5.41) is 8.21. The number of aliphatic hydroxyl groups is 1. The molecule has 1 heteroatoms. The van der Waals surface area contributed by atoms with Crippen molar-refractivity contribution < 1.29 is 5.11 Å². The third kappa shape index (κ3) is 5.08. The van der Waals surface area contributed by atoms with Gasteiger partial charge in [0.25, 0.3) is 0 Å². The summed E-state index contributed by atoms with van der Waals surface area (Å²) in [5.41, 5.74) is 0. The van der Waals surface area contributed by atoms with Crippen molar-refractivity contribution in [1.29, 1.82) is 0 Å². The van der Waals surface area contributed by atoms with Gasteiger partial charge in [0.2, 0.25) is 0 Å². The first-order chi connectivity index (χ1) is 3.91. The zero-order valence-electron chi connectivity index (χ0n) is 4.65. The molecule has 0 aliphatic rings. The molecule has 0 aliphatic heterocycles. The molecule has 8 heavy (non-hydrogen) atoms. The van der Waals surface area contributed by atoms with Gasteiger partial charge in [-0.3, -0.25) is 0 Å². The minimum atomic E-state index is 0.123. The van der Waals surface area contributed by atoms with Gasteiger partial charge >= 0.3 is 0 Å². The summed E-state index contributed by atoms with van der Waals surface area (Å²) in [5.74, 6) is 7.75. The first-order valence-electron chi connectivity index (χ1n) is 2.42. The van der Waals surface area contributed by atoms with Gasteiger partial charge in [-0.25, -0.2) is 0 Å². The van der Waals surface area contributed by atoms with Gasteiger partial charge in [-0.05, 0) is 0 Å². The van der Waals surface area contributed by atoms with E-state index in [9.17, 15) is 0 Å². The summed E-state index contributed by atoms with van der Waals surface area (Å²) in [6.45, 7) is 0.123. The third-order valence-electron chi connectivity index (χ3n) is 0.552. The molecule has 0 radical (unpaired) electrons. The van der Waals surface area contributed by atoms with Gasteiger partial charge in [0.15, 0.2) is 0 Å². The molecule has 0 aromatic rings. The van der Waals surface area contributed by atoms with E-state index in [4.69, 9.17) is 11.5 Å².